The van der Waals surface area contributed by atoms with Crippen LogP contribution >= 0.6 is 11.3 Å². The number of carbonyl (C=O) groups is 2. The first-order chi connectivity index (χ1) is 17.0. The van der Waals surface area contributed by atoms with Crippen molar-refractivity contribution in [3.63, 3.8) is 0 Å². The number of anilines is 1. The van der Waals surface area contributed by atoms with Gasteiger partial charge in [0, 0.05) is 17.8 Å². The van der Waals surface area contributed by atoms with Crippen molar-refractivity contribution in [3.8, 4) is 5.75 Å². The molecule has 0 atom stereocenters. The van der Waals surface area contributed by atoms with Gasteiger partial charge in [-0.3, -0.25) is 9.59 Å². The highest BCUT2D eigenvalue weighted by Crippen LogP contribution is 2.18. The van der Waals surface area contributed by atoms with Gasteiger partial charge in [-0.1, -0.05) is 54.7 Å². The van der Waals surface area contributed by atoms with Crippen LogP contribution in [0.2, 0.25) is 0 Å². The summed E-state index contributed by atoms with van der Waals surface area (Å²) < 4.78 is 5.72. The third-order valence-corrected chi connectivity index (χ3v) is 6.20. The molecule has 3 aromatic carbocycles. The SMILES string of the molecule is CCc1ccc(CNC(=O)c2ccc(NC(=O)c3nnc(COc4cccc(C)c4)s3)cc2)cc1. The van der Waals surface area contributed by atoms with Crippen LogP contribution in [0.5, 0.6) is 5.75 Å². The second-order valence-corrected chi connectivity index (χ2v) is 9.05. The minimum absolute atomic E-state index is 0.176. The summed E-state index contributed by atoms with van der Waals surface area (Å²) >= 11 is 1.18. The van der Waals surface area contributed by atoms with Gasteiger partial charge < -0.3 is 15.4 Å². The summed E-state index contributed by atoms with van der Waals surface area (Å²) in [5, 5.41) is 14.5. The standard InChI is InChI=1S/C27H26N4O3S/c1-3-19-7-9-20(10-8-19)16-28-25(32)21-11-13-22(14-12-21)29-26(33)27-31-30-24(35-27)17-34-23-6-4-5-18(2)15-23/h4-15H,3,16-17H2,1-2H3,(H,28,32)(H,29,33). The van der Waals surface area contributed by atoms with Crippen LogP contribution in [0.4, 0.5) is 5.69 Å². The van der Waals surface area contributed by atoms with E-state index in [0.717, 1.165) is 23.3 Å². The van der Waals surface area contributed by atoms with Crippen molar-refractivity contribution < 1.29 is 14.3 Å². The largest absolute Gasteiger partial charge is 0.486 e. The molecule has 0 saturated carbocycles. The van der Waals surface area contributed by atoms with E-state index in [9.17, 15) is 9.59 Å². The van der Waals surface area contributed by atoms with E-state index >= 15 is 0 Å². The van der Waals surface area contributed by atoms with Crippen molar-refractivity contribution >= 4 is 28.8 Å². The van der Waals surface area contributed by atoms with E-state index in [4.69, 9.17) is 4.74 Å². The smallest absolute Gasteiger partial charge is 0.286 e. The predicted molar refractivity (Wildman–Crippen MR) is 137 cm³/mol. The fraction of sp³-hybridized carbons (Fsp3) is 0.185. The lowest BCUT2D eigenvalue weighted by Crippen LogP contribution is -2.22. The summed E-state index contributed by atoms with van der Waals surface area (Å²) in [4.78, 5) is 25.0. The monoisotopic (exact) mass is 486 g/mol. The van der Waals surface area contributed by atoms with Crippen LogP contribution in [0, 0.1) is 6.92 Å². The highest BCUT2D eigenvalue weighted by Gasteiger charge is 2.14. The molecule has 1 heterocycles. The Bertz CT molecular complexity index is 1300. The lowest BCUT2D eigenvalue weighted by Gasteiger charge is -2.07. The lowest BCUT2D eigenvalue weighted by molar-refractivity contribution is 0.0950. The average molecular weight is 487 g/mol. The van der Waals surface area contributed by atoms with Crippen molar-refractivity contribution in [3.05, 3.63) is 105 Å². The molecule has 0 radical (unpaired) electrons. The van der Waals surface area contributed by atoms with Gasteiger partial charge in [-0.25, -0.2) is 0 Å². The first-order valence-electron chi connectivity index (χ1n) is 11.3. The molecule has 1 aromatic heterocycles. The Morgan fingerprint density at radius 1 is 0.914 bits per heavy atom. The predicted octanol–water partition coefficient (Wildman–Crippen LogP) is 5.17. The molecule has 0 aliphatic rings. The number of hydrogen-bond donors (Lipinski definition) is 2. The van der Waals surface area contributed by atoms with Crippen molar-refractivity contribution in [1.82, 2.24) is 15.5 Å². The summed E-state index contributed by atoms with van der Waals surface area (Å²) in [7, 11) is 0. The molecule has 0 spiro atoms. The van der Waals surface area contributed by atoms with Gasteiger partial charge in [0.2, 0.25) is 5.01 Å². The molecular weight excluding hydrogens is 460 g/mol. The van der Waals surface area contributed by atoms with Gasteiger partial charge in [0.05, 0.1) is 0 Å². The third-order valence-electron chi connectivity index (χ3n) is 5.30. The van der Waals surface area contributed by atoms with E-state index in [-0.39, 0.29) is 23.4 Å². The van der Waals surface area contributed by atoms with E-state index in [0.29, 0.717) is 22.8 Å². The minimum atomic E-state index is -0.364. The summed E-state index contributed by atoms with van der Waals surface area (Å²) in [6, 6.07) is 22.6. The van der Waals surface area contributed by atoms with Crippen LogP contribution in [0.15, 0.2) is 72.8 Å². The zero-order valence-corrected chi connectivity index (χ0v) is 20.4. The molecule has 4 rings (SSSR count). The van der Waals surface area contributed by atoms with Gasteiger partial charge in [-0.15, -0.1) is 10.2 Å². The minimum Gasteiger partial charge on any atom is -0.486 e. The molecular formula is C27H26N4O3S. The van der Waals surface area contributed by atoms with Gasteiger partial charge in [-0.05, 0) is 66.4 Å². The number of aromatic nitrogens is 2. The van der Waals surface area contributed by atoms with Gasteiger partial charge >= 0.3 is 0 Å². The van der Waals surface area contributed by atoms with Crippen molar-refractivity contribution in [2.24, 2.45) is 0 Å². The number of amides is 2. The number of nitrogens with zero attached hydrogens (tertiary/aromatic N) is 2. The highest BCUT2D eigenvalue weighted by molar-refractivity contribution is 7.13. The van der Waals surface area contributed by atoms with Crippen LogP contribution in [-0.2, 0) is 19.6 Å². The molecule has 8 heteroatoms. The summed E-state index contributed by atoms with van der Waals surface area (Å²) in [5.74, 6) is 0.201. The van der Waals surface area contributed by atoms with Crippen molar-refractivity contribution in [2.45, 2.75) is 33.4 Å². The normalized spacial score (nSPS) is 10.6. The number of benzene rings is 3. The zero-order chi connectivity index (χ0) is 24.6. The van der Waals surface area contributed by atoms with Crippen LogP contribution in [0.25, 0.3) is 0 Å². The topological polar surface area (TPSA) is 93.2 Å². The van der Waals surface area contributed by atoms with Crippen molar-refractivity contribution in [1.29, 1.82) is 0 Å². The second kappa shape index (κ2) is 11.4. The second-order valence-electron chi connectivity index (χ2n) is 7.99. The molecule has 2 amide bonds. The number of ether oxygens (including phenoxy) is 1. The Morgan fingerprint density at radius 2 is 1.66 bits per heavy atom. The Balaban J connectivity index is 1.27. The highest BCUT2D eigenvalue weighted by atomic mass is 32.1. The fourth-order valence-electron chi connectivity index (χ4n) is 3.32. The zero-order valence-electron chi connectivity index (χ0n) is 19.6. The maximum Gasteiger partial charge on any atom is 0.286 e. The molecule has 4 aromatic rings. The Morgan fingerprint density at radius 3 is 2.37 bits per heavy atom. The summed E-state index contributed by atoms with van der Waals surface area (Å²) in [6.45, 7) is 4.79. The lowest BCUT2D eigenvalue weighted by atomic mass is 10.1. The molecule has 0 unspecified atom stereocenters. The first-order valence-corrected chi connectivity index (χ1v) is 12.1. The van der Waals surface area contributed by atoms with Crippen LogP contribution in [0.3, 0.4) is 0 Å². The molecule has 0 bridgehead atoms. The molecule has 7 nitrogen and oxygen atoms in total. The van der Waals surface area contributed by atoms with Crippen LogP contribution in [-0.4, -0.2) is 22.0 Å². The van der Waals surface area contributed by atoms with Crippen LogP contribution in [0.1, 0.15) is 48.8 Å². The third kappa shape index (κ3) is 6.74. The molecule has 2 N–H and O–H groups in total. The van der Waals surface area contributed by atoms with E-state index in [2.05, 4.69) is 39.9 Å². The quantitative estimate of drug-likeness (QED) is 0.340. The Labute approximate surface area is 208 Å². The van der Waals surface area contributed by atoms with E-state index < -0.39 is 0 Å². The number of nitrogens with one attached hydrogen (secondary N) is 2. The van der Waals surface area contributed by atoms with E-state index in [1.54, 1.807) is 24.3 Å². The maximum absolute atomic E-state index is 12.5. The molecule has 0 saturated heterocycles. The van der Waals surface area contributed by atoms with Crippen molar-refractivity contribution in [2.75, 3.05) is 5.32 Å². The number of carbonyl (C=O) groups excluding carboxylic acids is 2. The Hall–Kier alpha value is -4.04. The van der Waals surface area contributed by atoms with E-state index in [1.807, 2.05) is 43.3 Å². The average Bonchev–Trinajstić information content (AvgIpc) is 3.36. The van der Waals surface area contributed by atoms with Gasteiger partial charge in [0.25, 0.3) is 11.8 Å². The summed E-state index contributed by atoms with van der Waals surface area (Å²) in [6.07, 6.45) is 0.984. The summed E-state index contributed by atoms with van der Waals surface area (Å²) in [5.41, 5.74) is 4.48. The molecule has 35 heavy (non-hydrogen) atoms. The van der Waals surface area contributed by atoms with Gasteiger partial charge in [0.15, 0.2) is 5.01 Å². The molecule has 0 fully saturated rings. The van der Waals surface area contributed by atoms with E-state index in [1.165, 1.54) is 16.9 Å². The number of aryl methyl sites for hydroxylation is 2. The van der Waals surface area contributed by atoms with Gasteiger partial charge in [0.1, 0.15) is 12.4 Å². The van der Waals surface area contributed by atoms with Crippen LogP contribution < -0.4 is 15.4 Å². The number of hydrogen-bond acceptors (Lipinski definition) is 6. The molecule has 0 aliphatic carbocycles. The molecule has 0 aliphatic heterocycles. The fourth-order valence-corrected chi connectivity index (χ4v) is 3.97. The first kappa shape index (κ1) is 24.1. The number of rotatable bonds is 9. The van der Waals surface area contributed by atoms with Gasteiger partial charge in [-0.2, -0.15) is 0 Å². The maximum atomic E-state index is 12.5. The molecule has 178 valence electrons. The Kier molecular flexibility index (Phi) is 7.84.